The molecule has 0 radical (unpaired) electrons. The fourth-order valence-electron chi connectivity index (χ4n) is 3.01. The van der Waals surface area contributed by atoms with E-state index < -0.39 is 10.0 Å². The molecule has 0 spiro atoms. The van der Waals surface area contributed by atoms with Crippen molar-refractivity contribution in [3.63, 3.8) is 0 Å². The molecule has 0 aromatic heterocycles. The largest absolute Gasteiger partial charge is 0.398 e. The van der Waals surface area contributed by atoms with E-state index in [2.05, 4.69) is 18.7 Å². The Hall–Kier alpha value is -1.11. The molecule has 0 saturated carbocycles. The fraction of sp³-hybridized carbons (Fsp3) is 0.600. The quantitative estimate of drug-likeness (QED) is 0.840. The third kappa shape index (κ3) is 3.22. The van der Waals surface area contributed by atoms with Gasteiger partial charge in [-0.25, -0.2) is 8.42 Å². The maximum absolute atomic E-state index is 12.7. The van der Waals surface area contributed by atoms with Crippen LogP contribution >= 0.6 is 0 Å². The summed E-state index contributed by atoms with van der Waals surface area (Å²) in [7, 11) is -3.49. The second kappa shape index (κ2) is 6.34. The molecular weight excluding hydrogens is 286 g/mol. The molecule has 1 aliphatic heterocycles. The number of nitrogens with two attached hydrogens (primary N) is 1. The summed E-state index contributed by atoms with van der Waals surface area (Å²) in [5.74, 6) is 0. The standard InChI is InChI=1S/C15H25N3O2S/c1-4-17(5-2)13-8-9-18(11-13)21(19,20)15-7-6-12(3)10-14(15)16/h6-7,10,13H,4-5,8-9,11,16H2,1-3H3. The van der Waals surface area contributed by atoms with Gasteiger partial charge in [0.2, 0.25) is 10.0 Å². The van der Waals surface area contributed by atoms with Crippen LogP contribution in [0.1, 0.15) is 25.8 Å². The zero-order valence-electron chi connectivity index (χ0n) is 13.0. The molecule has 118 valence electrons. The van der Waals surface area contributed by atoms with Crippen LogP contribution in [0.3, 0.4) is 0 Å². The summed E-state index contributed by atoms with van der Waals surface area (Å²) in [4.78, 5) is 2.54. The van der Waals surface area contributed by atoms with E-state index in [1.165, 1.54) is 0 Å². The van der Waals surface area contributed by atoms with Gasteiger partial charge in [-0.3, -0.25) is 4.90 Å². The zero-order chi connectivity index (χ0) is 15.6. The predicted octanol–water partition coefficient (Wildman–Crippen LogP) is 1.68. The van der Waals surface area contributed by atoms with E-state index in [0.29, 0.717) is 24.8 Å². The molecule has 2 rings (SSSR count). The van der Waals surface area contributed by atoms with Gasteiger partial charge in [0.15, 0.2) is 0 Å². The highest BCUT2D eigenvalue weighted by atomic mass is 32.2. The summed E-state index contributed by atoms with van der Waals surface area (Å²) in [6, 6.07) is 5.43. The van der Waals surface area contributed by atoms with Crippen LogP contribution in [0.4, 0.5) is 5.69 Å². The first-order valence-electron chi connectivity index (χ1n) is 7.50. The number of nitrogens with zero attached hydrogens (tertiary/aromatic N) is 2. The van der Waals surface area contributed by atoms with Crippen molar-refractivity contribution in [2.24, 2.45) is 0 Å². The molecular formula is C15H25N3O2S. The van der Waals surface area contributed by atoms with Crippen molar-refractivity contribution in [2.75, 3.05) is 31.9 Å². The number of hydrogen-bond acceptors (Lipinski definition) is 4. The summed E-state index contributed by atoms with van der Waals surface area (Å²) in [6.07, 6.45) is 0.882. The van der Waals surface area contributed by atoms with Gasteiger partial charge in [0.25, 0.3) is 0 Å². The van der Waals surface area contributed by atoms with Crippen molar-refractivity contribution in [2.45, 2.75) is 38.1 Å². The zero-order valence-corrected chi connectivity index (χ0v) is 13.9. The monoisotopic (exact) mass is 311 g/mol. The average Bonchev–Trinajstić information content (AvgIpc) is 2.90. The molecule has 1 aromatic rings. The second-order valence-corrected chi connectivity index (χ2v) is 7.47. The molecule has 21 heavy (non-hydrogen) atoms. The topological polar surface area (TPSA) is 66.6 Å². The minimum absolute atomic E-state index is 0.230. The number of aryl methyl sites for hydroxylation is 1. The van der Waals surface area contributed by atoms with E-state index in [9.17, 15) is 8.42 Å². The molecule has 1 fully saturated rings. The van der Waals surface area contributed by atoms with Gasteiger partial charge in [-0.2, -0.15) is 4.31 Å². The Bertz CT molecular complexity index is 597. The molecule has 5 nitrogen and oxygen atoms in total. The SMILES string of the molecule is CCN(CC)C1CCN(S(=O)(=O)c2ccc(C)cc2N)C1. The molecule has 1 saturated heterocycles. The highest BCUT2D eigenvalue weighted by molar-refractivity contribution is 7.89. The van der Waals surface area contributed by atoms with Gasteiger partial charge in [0, 0.05) is 19.1 Å². The third-order valence-electron chi connectivity index (χ3n) is 4.24. The summed E-state index contributed by atoms with van der Waals surface area (Å²) >= 11 is 0. The van der Waals surface area contributed by atoms with Gasteiger partial charge in [0.05, 0.1) is 5.69 Å². The van der Waals surface area contributed by atoms with Crippen LogP contribution in [0.5, 0.6) is 0 Å². The van der Waals surface area contributed by atoms with Gasteiger partial charge in [-0.05, 0) is 44.1 Å². The molecule has 6 heteroatoms. The lowest BCUT2D eigenvalue weighted by Crippen LogP contribution is -2.38. The Morgan fingerprint density at radius 1 is 1.33 bits per heavy atom. The van der Waals surface area contributed by atoms with E-state index in [1.807, 2.05) is 6.92 Å². The average molecular weight is 311 g/mol. The van der Waals surface area contributed by atoms with Gasteiger partial charge < -0.3 is 5.73 Å². The maximum atomic E-state index is 12.7. The fourth-order valence-corrected chi connectivity index (χ4v) is 4.60. The first kappa shape index (κ1) is 16.3. The lowest BCUT2D eigenvalue weighted by atomic mass is 10.2. The molecule has 1 atom stereocenters. The van der Waals surface area contributed by atoms with E-state index in [1.54, 1.807) is 22.5 Å². The van der Waals surface area contributed by atoms with Crippen molar-refractivity contribution in [1.82, 2.24) is 9.21 Å². The Balaban J connectivity index is 2.22. The van der Waals surface area contributed by atoms with E-state index in [-0.39, 0.29) is 4.90 Å². The molecule has 2 N–H and O–H groups in total. The Morgan fingerprint density at radius 3 is 2.57 bits per heavy atom. The Kier molecular flexibility index (Phi) is 4.91. The third-order valence-corrected chi connectivity index (χ3v) is 6.18. The van der Waals surface area contributed by atoms with Crippen LogP contribution in [0.2, 0.25) is 0 Å². The Morgan fingerprint density at radius 2 is 2.00 bits per heavy atom. The highest BCUT2D eigenvalue weighted by Gasteiger charge is 2.35. The lowest BCUT2D eigenvalue weighted by molar-refractivity contribution is 0.224. The number of benzene rings is 1. The van der Waals surface area contributed by atoms with Crippen molar-refractivity contribution in [3.8, 4) is 0 Å². The van der Waals surface area contributed by atoms with Crippen LogP contribution in [-0.4, -0.2) is 49.8 Å². The maximum Gasteiger partial charge on any atom is 0.245 e. The summed E-state index contributed by atoms with van der Waals surface area (Å²) in [5, 5.41) is 0. The first-order valence-corrected chi connectivity index (χ1v) is 8.94. The van der Waals surface area contributed by atoms with Crippen LogP contribution < -0.4 is 5.73 Å². The van der Waals surface area contributed by atoms with Crippen molar-refractivity contribution in [1.29, 1.82) is 0 Å². The van der Waals surface area contributed by atoms with Gasteiger partial charge in [0.1, 0.15) is 4.90 Å². The normalized spacial score (nSPS) is 20.3. The first-order chi connectivity index (χ1) is 9.90. The number of rotatable bonds is 5. The molecule has 1 heterocycles. The number of hydrogen-bond donors (Lipinski definition) is 1. The number of nitrogen functional groups attached to an aromatic ring is 1. The van der Waals surface area contributed by atoms with Crippen LogP contribution in [0.15, 0.2) is 23.1 Å². The molecule has 0 aliphatic carbocycles. The van der Waals surface area contributed by atoms with Gasteiger partial charge in [-0.15, -0.1) is 0 Å². The molecule has 1 unspecified atom stereocenters. The second-order valence-electron chi connectivity index (χ2n) is 5.57. The van der Waals surface area contributed by atoms with Crippen LogP contribution in [0.25, 0.3) is 0 Å². The smallest absolute Gasteiger partial charge is 0.245 e. The number of likely N-dealkylation sites (N-methyl/N-ethyl adjacent to an activating group) is 1. The van der Waals surface area contributed by atoms with Crippen molar-refractivity contribution in [3.05, 3.63) is 23.8 Å². The summed E-state index contributed by atoms with van der Waals surface area (Å²) < 4.78 is 27.0. The molecule has 0 bridgehead atoms. The molecule has 1 aliphatic rings. The van der Waals surface area contributed by atoms with Crippen molar-refractivity contribution >= 4 is 15.7 Å². The van der Waals surface area contributed by atoms with Gasteiger partial charge >= 0.3 is 0 Å². The number of sulfonamides is 1. The molecule has 1 aromatic carbocycles. The summed E-state index contributed by atoms with van der Waals surface area (Å²) in [5.41, 5.74) is 7.21. The van der Waals surface area contributed by atoms with Crippen LogP contribution in [0, 0.1) is 6.92 Å². The van der Waals surface area contributed by atoms with E-state index >= 15 is 0 Å². The minimum atomic E-state index is -3.49. The predicted molar refractivity (Wildman–Crippen MR) is 85.7 cm³/mol. The van der Waals surface area contributed by atoms with Crippen LogP contribution in [-0.2, 0) is 10.0 Å². The van der Waals surface area contributed by atoms with E-state index in [0.717, 1.165) is 25.1 Å². The molecule has 0 amide bonds. The van der Waals surface area contributed by atoms with E-state index in [4.69, 9.17) is 5.73 Å². The van der Waals surface area contributed by atoms with Crippen molar-refractivity contribution < 1.29 is 8.42 Å². The minimum Gasteiger partial charge on any atom is -0.398 e. The Labute approximate surface area is 127 Å². The summed E-state index contributed by atoms with van der Waals surface area (Å²) in [6.45, 7) is 9.13. The highest BCUT2D eigenvalue weighted by Crippen LogP contribution is 2.27. The van der Waals surface area contributed by atoms with Gasteiger partial charge in [-0.1, -0.05) is 19.9 Å². The lowest BCUT2D eigenvalue weighted by Gasteiger charge is -2.26. The number of anilines is 1.